The van der Waals surface area contributed by atoms with E-state index in [0.29, 0.717) is 6.42 Å². The van der Waals surface area contributed by atoms with E-state index in [1.165, 1.54) is 0 Å². The summed E-state index contributed by atoms with van der Waals surface area (Å²) in [4.78, 5) is 17.3. The second-order valence-corrected chi connectivity index (χ2v) is 29.0. The van der Waals surface area contributed by atoms with Gasteiger partial charge in [-0.2, -0.15) is 0 Å². The average molecular weight is 524 g/mol. The van der Waals surface area contributed by atoms with E-state index >= 15 is 0 Å². The number of hydrogen-bond acceptors (Lipinski definition) is 4. The van der Waals surface area contributed by atoms with Gasteiger partial charge in [-0.25, -0.2) is 0 Å². The Balaban J connectivity index is 3.18. The molecule has 0 heterocycles. The van der Waals surface area contributed by atoms with Crippen LogP contribution in [0, 0.1) is 0 Å². The van der Waals surface area contributed by atoms with Crippen molar-refractivity contribution < 1.29 is 13.6 Å². The molecule has 0 aromatic heterocycles. The SMILES string of the molecule is CC(C)(C)[Si](C)(C)NC(Cc1ccc(O[Si](C)(C)C(C)(C)C)cc1)C(=O)O[Si](C)(C)C(C)(C)C. The molecule has 0 aliphatic rings. The summed E-state index contributed by atoms with van der Waals surface area (Å²) in [6, 6.07) is 7.95. The zero-order valence-electron chi connectivity index (χ0n) is 24.8. The largest absolute Gasteiger partial charge is 0.544 e. The van der Waals surface area contributed by atoms with E-state index in [9.17, 15) is 4.79 Å². The van der Waals surface area contributed by atoms with Crippen molar-refractivity contribution >= 4 is 30.8 Å². The summed E-state index contributed by atoms with van der Waals surface area (Å²) in [5.41, 5.74) is 1.12. The maximum Gasteiger partial charge on any atom is 0.309 e. The smallest absolute Gasteiger partial charge is 0.309 e. The lowest BCUT2D eigenvalue weighted by atomic mass is 10.1. The Kier molecular flexibility index (Phi) is 9.36. The minimum atomic E-state index is -2.21. The first kappa shape index (κ1) is 31.1. The summed E-state index contributed by atoms with van der Waals surface area (Å²) in [6.45, 7) is 33.4. The van der Waals surface area contributed by atoms with Crippen molar-refractivity contribution in [1.82, 2.24) is 4.98 Å². The number of carbonyl (C=O) groups is 1. The highest BCUT2D eigenvalue weighted by Gasteiger charge is 2.44. The first-order chi connectivity index (χ1) is 14.9. The topological polar surface area (TPSA) is 47.6 Å². The quantitative estimate of drug-likeness (QED) is 0.349. The van der Waals surface area contributed by atoms with Crippen LogP contribution in [0.15, 0.2) is 24.3 Å². The summed E-state index contributed by atoms with van der Waals surface area (Å²) in [7, 11) is -6.02. The van der Waals surface area contributed by atoms with Gasteiger partial charge in [-0.1, -0.05) is 87.5 Å². The number of carbonyl (C=O) groups excluding carboxylic acids is 1. The van der Waals surface area contributed by atoms with Crippen molar-refractivity contribution in [2.45, 2.75) is 129 Å². The van der Waals surface area contributed by atoms with Gasteiger partial charge in [0.2, 0.25) is 8.32 Å². The Bertz CT molecular complexity index is 827. The molecule has 0 spiro atoms. The molecule has 0 bridgehead atoms. The number of nitrogens with one attached hydrogen (secondary N) is 1. The first-order valence-corrected chi connectivity index (χ1v) is 21.5. The van der Waals surface area contributed by atoms with E-state index < -0.39 is 24.9 Å². The third-order valence-electron chi connectivity index (χ3n) is 8.40. The van der Waals surface area contributed by atoms with Gasteiger partial charge in [0, 0.05) is 0 Å². The van der Waals surface area contributed by atoms with Crippen molar-refractivity contribution in [3.05, 3.63) is 29.8 Å². The van der Waals surface area contributed by atoms with Crippen LogP contribution in [0.3, 0.4) is 0 Å². The molecule has 34 heavy (non-hydrogen) atoms. The predicted molar refractivity (Wildman–Crippen MR) is 155 cm³/mol. The van der Waals surface area contributed by atoms with E-state index in [1.54, 1.807) is 0 Å². The molecule has 0 radical (unpaired) electrons. The molecule has 0 amide bonds. The standard InChI is InChI=1S/C27H53NO3Si3/c1-25(2,3)32(10,11)28-23(24(29)31-34(14,15)27(7,8)9)20-21-16-18-22(19-17-21)30-33(12,13)26(4,5)6/h16-19,23,28H,20H2,1-15H3. The van der Waals surface area contributed by atoms with Crippen molar-refractivity contribution in [1.29, 1.82) is 0 Å². The predicted octanol–water partition coefficient (Wildman–Crippen LogP) is 8.12. The third-order valence-corrected chi connectivity index (χ3v) is 21.9. The molecule has 1 rings (SSSR count). The summed E-state index contributed by atoms with van der Waals surface area (Å²) in [5.74, 6) is 0.797. The van der Waals surface area contributed by atoms with Gasteiger partial charge in [0.05, 0.1) is 0 Å². The van der Waals surface area contributed by atoms with Crippen LogP contribution < -0.4 is 9.41 Å². The van der Waals surface area contributed by atoms with E-state index in [2.05, 4.69) is 131 Å². The Labute approximate surface area is 214 Å². The minimum Gasteiger partial charge on any atom is -0.544 e. The number of benzene rings is 1. The molecule has 1 N–H and O–H groups in total. The van der Waals surface area contributed by atoms with Crippen LogP contribution in [0.5, 0.6) is 5.75 Å². The molecule has 0 saturated heterocycles. The maximum atomic E-state index is 13.5. The molecule has 1 atom stereocenters. The zero-order chi connectivity index (χ0) is 27.0. The molecule has 0 aliphatic carbocycles. The second kappa shape index (κ2) is 10.2. The van der Waals surface area contributed by atoms with Gasteiger partial charge < -0.3 is 13.8 Å². The normalized spacial score (nSPS) is 15.1. The summed E-state index contributed by atoms with van der Waals surface area (Å²) < 4.78 is 12.7. The van der Waals surface area contributed by atoms with Gasteiger partial charge in [-0.3, -0.25) is 4.79 Å². The number of rotatable bonds is 8. The Morgan fingerprint density at radius 1 is 0.765 bits per heavy atom. The number of hydrogen-bond donors (Lipinski definition) is 1. The van der Waals surface area contributed by atoms with Gasteiger partial charge >= 0.3 is 5.97 Å². The van der Waals surface area contributed by atoms with Crippen LogP contribution in [0.1, 0.15) is 67.9 Å². The van der Waals surface area contributed by atoms with Gasteiger partial charge in [-0.15, -0.1) is 0 Å². The van der Waals surface area contributed by atoms with Crippen LogP contribution in [-0.2, 0) is 15.6 Å². The Hall–Kier alpha value is -0.899. The molecule has 1 unspecified atom stereocenters. The lowest BCUT2D eigenvalue weighted by Gasteiger charge is -2.41. The average Bonchev–Trinajstić information content (AvgIpc) is 2.59. The molecular weight excluding hydrogens is 471 g/mol. The third kappa shape index (κ3) is 8.07. The summed E-state index contributed by atoms with van der Waals surface area (Å²) >= 11 is 0. The highest BCUT2D eigenvalue weighted by molar-refractivity contribution is 6.78. The lowest BCUT2D eigenvalue weighted by molar-refractivity contribution is -0.137. The highest BCUT2D eigenvalue weighted by Crippen LogP contribution is 2.39. The molecule has 4 nitrogen and oxygen atoms in total. The maximum absolute atomic E-state index is 13.5. The Morgan fingerprint density at radius 3 is 1.59 bits per heavy atom. The van der Waals surface area contributed by atoms with Crippen molar-refractivity contribution in [3.63, 3.8) is 0 Å². The van der Waals surface area contributed by atoms with Crippen LogP contribution in [0.25, 0.3) is 0 Å². The lowest BCUT2D eigenvalue weighted by Crippen LogP contribution is -2.60. The van der Waals surface area contributed by atoms with E-state index in [-0.39, 0.29) is 27.1 Å². The second-order valence-electron chi connectivity index (χ2n) is 14.5. The fourth-order valence-corrected chi connectivity index (χ4v) is 6.21. The van der Waals surface area contributed by atoms with Crippen LogP contribution in [-0.4, -0.2) is 36.9 Å². The molecule has 0 aliphatic heterocycles. The van der Waals surface area contributed by atoms with Crippen LogP contribution in [0.2, 0.25) is 54.4 Å². The molecule has 0 saturated carbocycles. The van der Waals surface area contributed by atoms with Gasteiger partial charge in [0.1, 0.15) is 20.0 Å². The fourth-order valence-electron chi connectivity index (χ4n) is 2.70. The minimum absolute atomic E-state index is 0.0209. The van der Waals surface area contributed by atoms with E-state index in [1.807, 2.05) is 0 Å². The van der Waals surface area contributed by atoms with Gasteiger partial charge in [-0.05, 0) is 65.4 Å². The van der Waals surface area contributed by atoms with Crippen molar-refractivity contribution in [3.8, 4) is 5.75 Å². The molecule has 1 aromatic carbocycles. The van der Waals surface area contributed by atoms with Gasteiger partial charge in [0.25, 0.3) is 8.32 Å². The van der Waals surface area contributed by atoms with Crippen molar-refractivity contribution in [2.24, 2.45) is 0 Å². The summed E-state index contributed by atoms with van der Waals surface area (Å²) in [6.07, 6.45) is 0.611. The molecule has 1 aromatic rings. The van der Waals surface area contributed by atoms with Crippen LogP contribution >= 0.6 is 0 Å². The molecule has 196 valence electrons. The first-order valence-electron chi connectivity index (χ1n) is 12.7. The molecular formula is C27H53NO3Si3. The van der Waals surface area contributed by atoms with Crippen molar-refractivity contribution in [2.75, 3.05) is 0 Å². The fraction of sp³-hybridized carbons (Fsp3) is 0.741. The monoisotopic (exact) mass is 523 g/mol. The van der Waals surface area contributed by atoms with E-state index in [0.717, 1.165) is 11.3 Å². The molecule has 7 heteroatoms. The molecule has 0 fully saturated rings. The van der Waals surface area contributed by atoms with Gasteiger partial charge in [0.15, 0.2) is 0 Å². The zero-order valence-corrected chi connectivity index (χ0v) is 27.8. The van der Waals surface area contributed by atoms with E-state index in [4.69, 9.17) is 8.85 Å². The van der Waals surface area contributed by atoms with Crippen LogP contribution in [0.4, 0.5) is 0 Å². The highest BCUT2D eigenvalue weighted by atomic mass is 28.4. The summed E-state index contributed by atoms with van der Waals surface area (Å²) in [5, 5.41) is 0.244. The Morgan fingerprint density at radius 2 is 1.21 bits per heavy atom.